The Hall–Kier alpha value is -2.18. The lowest BCUT2D eigenvalue weighted by molar-refractivity contribution is -0.115. The summed E-state index contributed by atoms with van der Waals surface area (Å²) in [6.45, 7) is 1.71. The molecule has 22 heavy (non-hydrogen) atoms. The van der Waals surface area contributed by atoms with Gasteiger partial charge < -0.3 is 5.32 Å². The van der Waals surface area contributed by atoms with Gasteiger partial charge in [-0.2, -0.15) is 0 Å². The first-order valence-electron chi connectivity index (χ1n) is 6.95. The molecule has 0 spiro atoms. The summed E-state index contributed by atoms with van der Waals surface area (Å²) >= 11 is 0. The monoisotopic (exact) mass is 318 g/mol. The number of carbonyl (C=O) groups excluding carboxylic acids is 1. The molecule has 0 radical (unpaired) electrons. The second-order valence-electron chi connectivity index (χ2n) is 4.74. The first kappa shape index (κ1) is 16.2. The summed E-state index contributed by atoms with van der Waals surface area (Å²) < 4.78 is 26.3. The minimum atomic E-state index is -3.67. The van der Waals surface area contributed by atoms with E-state index < -0.39 is 15.9 Å². The van der Waals surface area contributed by atoms with Crippen molar-refractivity contribution in [2.75, 3.05) is 11.9 Å². The van der Waals surface area contributed by atoms with E-state index in [0.29, 0.717) is 5.69 Å². The lowest BCUT2D eigenvalue weighted by atomic mass is 10.1. The molecule has 0 saturated carbocycles. The Bertz CT molecular complexity index is 743. The van der Waals surface area contributed by atoms with Crippen molar-refractivity contribution in [1.29, 1.82) is 0 Å². The lowest BCUT2D eigenvalue weighted by Gasteiger charge is -2.08. The molecule has 2 rings (SSSR count). The van der Waals surface area contributed by atoms with Crippen molar-refractivity contribution in [2.45, 2.75) is 18.2 Å². The summed E-state index contributed by atoms with van der Waals surface area (Å²) in [4.78, 5) is 12.0. The topological polar surface area (TPSA) is 75.3 Å². The van der Waals surface area contributed by atoms with Crippen molar-refractivity contribution in [2.24, 2.45) is 0 Å². The quantitative estimate of drug-likeness (QED) is 0.857. The van der Waals surface area contributed by atoms with Crippen LogP contribution < -0.4 is 10.0 Å². The maximum absolute atomic E-state index is 12.0. The van der Waals surface area contributed by atoms with Gasteiger partial charge in [0.25, 0.3) is 0 Å². The van der Waals surface area contributed by atoms with Gasteiger partial charge in [0.1, 0.15) is 0 Å². The molecule has 0 heterocycles. The van der Waals surface area contributed by atoms with Gasteiger partial charge >= 0.3 is 0 Å². The van der Waals surface area contributed by atoms with Crippen LogP contribution >= 0.6 is 0 Å². The van der Waals surface area contributed by atoms with Gasteiger partial charge in [-0.3, -0.25) is 4.79 Å². The van der Waals surface area contributed by atoms with Crippen LogP contribution in [0, 0.1) is 0 Å². The highest BCUT2D eigenvalue weighted by Gasteiger charge is 2.14. The highest BCUT2D eigenvalue weighted by atomic mass is 32.2. The van der Waals surface area contributed by atoms with Gasteiger partial charge in [-0.25, -0.2) is 13.1 Å². The Labute approximate surface area is 130 Å². The summed E-state index contributed by atoms with van der Waals surface area (Å²) in [6, 6.07) is 15.4. The van der Waals surface area contributed by atoms with E-state index in [2.05, 4.69) is 10.0 Å². The zero-order chi connectivity index (χ0) is 16.0. The van der Waals surface area contributed by atoms with Crippen molar-refractivity contribution < 1.29 is 13.2 Å². The van der Waals surface area contributed by atoms with E-state index in [1.165, 1.54) is 12.1 Å². The van der Waals surface area contributed by atoms with Crippen LogP contribution in [0.15, 0.2) is 59.5 Å². The molecule has 1 amide bonds. The average molecular weight is 318 g/mol. The molecule has 0 aliphatic heterocycles. The number of hydrogen-bond acceptors (Lipinski definition) is 3. The Kier molecular flexibility index (Phi) is 5.30. The number of sulfonamides is 1. The number of amides is 1. The van der Waals surface area contributed by atoms with Crippen LogP contribution in [-0.2, 0) is 21.2 Å². The van der Waals surface area contributed by atoms with E-state index in [1.54, 1.807) is 24.3 Å². The molecule has 0 fully saturated rings. The van der Waals surface area contributed by atoms with Gasteiger partial charge in [-0.05, 0) is 36.2 Å². The SMILES string of the molecule is CCc1cccc(NC(=O)CNS(=O)(=O)c2ccccc2)c1. The predicted octanol–water partition coefficient (Wildman–Crippen LogP) is 2.17. The molecule has 5 nitrogen and oxygen atoms in total. The van der Waals surface area contributed by atoms with Crippen molar-refractivity contribution >= 4 is 21.6 Å². The van der Waals surface area contributed by atoms with Crippen molar-refractivity contribution in [1.82, 2.24) is 4.72 Å². The van der Waals surface area contributed by atoms with Gasteiger partial charge in [-0.15, -0.1) is 0 Å². The fraction of sp³-hybridized carbons (Fsp3) is 0.188. The average Bonchev–Trinajstić information content (AvgIpc) is 2.54. The molecular weight excluding hydrogens is 300 g/mol. The maximum atomic E-state index is 12.0. The maximum Gasteiger partial charge on any atom is 0.241 e. The Balaban J connectivity index is 1.95. The number of aryl methyl sites for hydroxylation is 1. The molecule has 0 aromatic heterocycles. The summed E-state index contributed by atoms with van der Waals surface area (Å²) in [5.74, 6) is -0.409. The Morgan fingerprint density at radius 2 is 1.77 bits per heavy atom. The zero-order valence-electron chi connectivity index (χ0n) is 12.2. The molecule has 0 aliphatic rings. The van der Waals surface area contributed by atoms with E-state index in [0.717, 1.165) is 12.0 Å². The number of anilines is 1. The fourth-order valence-electron chi connectivity index (χ4n) is 1.92. The number of rotatable bonds is 6. The molecule has 2 N–H and O–H groups in total. The molecule has 2 aromatic carbocycles. The minimum Gasteiger partial charge on any atom is -0.325 e. The van der Waals surface area contributed by atoms with E-state index in [1.807, 2.05) is 25.1 Å². The number of hydrogen-bond donors (Lipinski definition) is 2. The third-order valence-corrected chi connectivity index (χ3v) is 4.51. The number of nitrogens with one attached hydrogen (secondary N) is 2. The third kappa shape index (κ3) is 4.41. The molecule has 2 aromatic rings. The molecule has 0 aliphatic carbocycles. The molecular formula is C16H18N2O3S. The van der Waals surface area contributed by atoms with Crippen LogP contribution in [0.4, 0.5) is 5.69 Å². The van der Waals surface area contributed by atoms with Crippen LogP contribution in [0.5, 0.6) is 0 Å². The first-order chi connectivity index (χ1) is 10.5. The second kappa shape index (κ2) is 7.20. The van der Waals surface area contributed by atoms with Crippen molar-refractivity contribution in [3.05, 3.63) is 60.2 Å². The summed E-state index contributed by atoms with van der Waals surface area (Å²) in [5.41, 5.74) is 1.76. The first-order valence-corrected chi connectivity index (χ1v) is 8.43. The van der Waals surface area contributed by atoms with E-state index in [4.69, 9.17) is 0 Å². The van der Waals surface area contributed by atoms with Gasteiger partial charge in [-0.1, -0.05) is 37.3 Å². The molecule has 6 heteroatoms. The summed E-state index contributed by atoms with van der Waals surface area (Å²) in [7, 11) is -3.67. The largest absolute Gasteiger partial charge is 0.325 e. The second-order valence-corrected chi connectivity index (χ2v) is 6.51. The van der Waals surface area contributed by atoms with Gasteiger partial charge in [0, 0.05) is 5.69 Å². The Morgan fingerprint density at radius 3 is 2.45 bits per heavy atom. The number of benzene rings is 2. The van der Waals surface area contributed by atoms with Crippen LogP contribution in [0.25, 0.3) is 0 Å². The van der Waals surface area contributed by atoms with Crippen LogP contribution in [0.3, 0.4) is 0 Å². The molecule has 116 valence electrons. The van der Waals surface area contributed by atoms with E-state index in [-0.39, 0.29) is 11.4 Å². The van der Waals surface area contributed by atoms with Gasteiger partial charge in [0.15, 0.2) is 0 Å². The van der Waals surface area contributed by atoms with Crippen molar-refractivity contribution in [3.63, 3.8) is 0 Å². The molecule has 0 unspecified atom stereocenters. The molecule has 0 bridgehead atoms. The van der Waals surface area contributed by atoms with E-state index in [9.17, 15) is 13.2 Å². The molecule has 0 saturated heterocycles. The van der Waals surface area contributed by atoms with Gasteiger partial charge in [0.2, 0.25) is 15.9 Å². The third-order valence-electron chi connectivity index (χ3n) is 3.10. The smallest absolute Gasteiger partial charge is 0.241 e. The highest BCUT2D eigenvalue weighted by Crippen LogP contribution is 2.11. The fourth-order valence-corrected chi connectivity index (χ4v) is 2.92. The number of carbonyl (C=O) groups is 1. The van der Waals surface area contributed by atoms with Crippen molar-refractivity contribution in [3.8, 4) is 0 Å². The zero-order valence-corrected chi connectivity index (χ0v) is 13.1. The summed E-state index contributed by atoms with van der Waals surface area (Å²) in [5, 5.41) is 2.67. The van der Waals surface area contributed by atoms with Gasteiger partial charge in [0.05, 0.1) is 11.4 Å². The molecule has 0 atom stereocenters. The summed E-state index contributed by atoms with van der Waals surface area (Å²) in [6.07, 6.45) is 0.865. The normalized spacial score (nSPS) is 11.1. The van der Waals surface area contributed by atoms with E-state index >= 15 is 0 Å². The minimum absolute atomic E-state index is 0.135. The standard InChI is InChI=1S/C16H18N2O3S/c1-2-13-7-6-8-14(11-13)18-16(19)12-17-22(20,21)15-9-4-3-5-10-15/h3-11,17H,2,12H2,1H3,(H,18,19). The van der Waals surface area contributed by atoms with Crippen LogP contribution in [0.1, 0.15) is 12.5 Å². The lowest BCUT2D eigenvalue weighted by Crippen LogP contribution is -2.32. The predicted molar refractivity (Wildman–Crippen MR) is 86.1 cm³/mol. The highest BCUT2D eigenvalue weighted by molar-refractivity contribution is 7.89. The van der Waals surface area contributed by atoms with Crippen LogP contribution in [-0.4, -0.2) is 20.9 Å². The Morgan fingerprint density at radius 1 is 1.05 bits per heavy atom. The van der Waals surface area contributed by atoms with Crippen LogP contribution in [0.2, 0.25) is 0 Å².